The molecule has 0 fully saturated rings. The van der Waals surface area contributed by atoms with Crippen LogP contribution in [0, 0.1) is 0 Å². The number of ether oxygens (including phenoxy) is 1. The molecule has 0 aliphatic heterocycles. The standard InChI is InChI=1S/C28H46O4/c1-4-7-9-11-13-15-21-28(20-6-3,22-16-14-12-10-8-5-2)32-27(31)25-19-17-18-24(23-25)26(29)30/h17-19,23H,4-16,20-22H2,1-3H3,(H,29,30). The van der Waals surface area contributed by atoms with Crippen LogP contribution >= 0.6 is 0 Å². The Morgan fingerprint density at radius 1 is 0.719 bits per heavy atom. The number of carbonyl (C=O) groups is 2. The molecule has 0 heterocycles. The predicted molar refractivity (Wildman–Crippen MR) is 132 cm³/mol. The topological polar surface area (TPSA) is 63.6 Å². The van der Waals surface area contributed by atoms with Gasteiger partial charge in [-0.1, -0.05) is 97.5 Å². The van der Waals surface area contributed by atoms with Gasteiger partial charge in [-0.25, -0.2) is 9.59 Å². The number of benzene rings is 1. The van der Waals surface area contributed by atoms with Crippen molar-refractivity contribution in [3.8, 4) is 0 Å². The van der Waals surface area contributed by atoms with Crippen molar-refractivity contribution in [2.45, 2.75) is 129 Å². The first kappa shape index (κ1) is 28.2. The molecule has 0 saturated heterocycles. The molecule has 0 unspecified atom stereocenters. The van der Waals surface area contributed by atoms with Gasteiger partial charge in [-0.2, -0.15) is 0 Å². The van der Waals surface area contributed by atoms with Crippen molar-refractivity contribution in [2.75, 3.05) is 0 Å². The van der Waals surface area contributed by atoms with E-state index in [9.17, 15) is 14.7 Å². The van der Waals surface area contributed by atoms with Crippen molar-refractivity contribution in [3.05, 3.63) is 35.4 Å². The average Bonchev–Trinajstić information content (AvgIpc) is 2.78. The van der Waals surface area contributed by atoms with E-state index in [1.54, 1.807) is 12.1 Å². The number of carboxylic acid groups (broad SMARTS) is 1. The third-order valence-corrected chi connectivity index (χ3v) is 6.33. The molecule has 0 saturated carbocycles. The quantitative estimate of drug-likeness (QED) is 0.171. The van der Waals surface area contributed by atoms with Crippen LogP contribution in [0.3, 0.4) is 0 Å². The van der Waals surface area contributed by atoms with Crippen molar-refractivity contribution in [2.24, 2.45) is 0 Å². The first-order valence-corrected chi connectivity index (χ1v) is 13.0. The summed E-state index contributed by atoms with van der Waals surface area (Å²) < 4.78 is 6.22. The summed E-state index contributed by atoms with van der Waals surface area (Å²) in [6.45, 7) is 6.60. The van der Waals surface area contributed by atoms with Crippen LogP contribution in [0.5, 0.6) is 0 Å². The zero-order chi connectivity index (χ0) is 23.7. The van der Waals surface area contributed by atoms with Gasteiger partial charge in [0, 0.05) is 0 Å². The van der Waals surface area contributed by atoms with E-state index in [2.05, 4.69) is 20.8 Å². The van der Waals surface area contributed by atoms with Crippen molar-refractivity contribution >= 4 is 11.9 Å². The second-order valence-electron chi connectivity index (χ2n) is 9.24. The van der Waals surface area contributed by atoms with E-state index in [-0.39, 0.29) is 5.56 Å². The summed E-state index contributed by atoms with van der Waals surface area (Å²) in [5.41, 5.74) is 0.00396. The molecule has 0 radical (unpaired) electrons. The Morgan fingerprint density at radius 3 is 1.72 bits per heavy atom. The zero-order valence-corrected chi connectivity index (χ0v) is 20.8. The summed E-state index contributed by atoms with van der Waals surface area (Å²) in [6, 6.07) is 6.20. The molecule has 32 heavy (non-hydrogen) atoms. The molecule has 0 spiro atoms. The number of hydrogen-bond acceptors (Lipinski definition) is 3. The van der Waals surface area contributed by atoms with Crippen molar-refractivity contribution in [3.63, 3.8) is 0 Å². The lowest BCUT2D eigenvalue weighted by atomic mass is 9.85. The van der Waals surface area contributed by atoms with E-state index in [4.69, 9.17) is 4.74 Å². The molecular weight excluding hydrogens is 400 g/mol. The highest BCUT2D eigenvalue weighted by Gasteiger charge is 2.33. The lowest BCUT2D eigenvalue weighted by molar-refractivity contribution is -0.0351. The van der Waals surface area contributed by atoms with Crippen LogP contribution in [0.4, 0.5) is 0 Å². The molecule has 1 rings (SSSR count). The highest BCUT2D eigenvalue weighted by molar-refractivity contribution is 5.94. The normalized spacial score (nSPS) is 11.5. The largest absolute Gasteiger partial charge is 0.478 e. The fraction of sp³-hybridized carbons (Fsp3) is 0.714. The van der Waals surface area contributed by atoms with Crippen molar-refractivity contribution < 1.29 is 19.4 Å². The van der Waals surface area contributed by atoms with E-state index in [0.29, 0.717) is 5.56 Å². The monoisotopic (exact) mass is 446 g/mol. The van der Waals surface area contributed by atoms with Crippen LogP contribution in [0.25, 0.3) is 0 Å². The molecule has 0 atom stereocenters. The average molecular weight is 447 g/mol. The summed E-state index contributed by atoms with van der Waals surface area (Å²) in [4.78, 5) is 24.4. The second-order valence-corrected chi connectivity index (χ2v) is 9.24. The van der Waals surface area contributed by atoms with Gasteiger partial charge in [0.25, 0.3) is 0 Å². The van der Waals surface area contributed by atoms with Crippen LogP contribution in [-0.4, -0.2) is 22.6 Å². The minimum Gasteiger partial charge on any atom is -0.478 e. The summed E-state index contributed by atoms with van der Waals surface area (Å²) in [7, 11) is 0. The first-order chi connectivity index (χ1) is 15.5. The lowest BCUT2D eigenvalue weighted by Gasteiger charge is -2.34. The Kier molecular flexibility index (Phi) is 14.8. The lowest BCUT2D eigenvalue weighted by Crippen LogP contribution is -2.35. The van der Waals surface area contributed by atoms with Crippen LogP contribution in [-0.2, 0) is 4.74 Å². The Bertz CT molecular complexity index is 637. The number of unbranched alkanes of at least 4 members (excludes halogenated alkanes) is 10. The highest BCUT2D eigenvalue weighted by Crippen LogP contribution is 2.33. The smallest absolute Gasteiger partial charge is 0.338 e. The van der Waals surface area contributed by atoms with Gasteiger partial charge in [-0.3, -0.25) is 0 Å². The maximum absolute atomic E-state index is 13.0. The summed E-state index contributed by atoms with van der Waals surface area (Å²) in [5, 5.41) is 9.27. The van der Waals surface area contributed by atoms with Gasteiger partial charge >= 0.3 is 11.9 Å². The number of aromatic carboxylic acids is 1. The second kappa shape index (κ2) is 16.7. The summed E-state index contributed by atoms with van der Waals surface area (Å²) in [5.74, 6) is -1.42. The third kappa shape index (κ3) is 11.2. The molecule has 4 nitrogen and oxygen atoms in total. The number of carboxylic acids is 1. The van der Waals surface area contributed by atoms with Crippen molar-refractivity contribution in [1.29, 1.82) is 0 Å². The first-order valence-electron chi connectivity index (χ1n) is 13.0. The number of carbonyl (C=O) groups excluding carboxylic acids is 1. The van der Waals surface area contributed by atoms with Crippen LogP contribution in [0.15, 0.2) is 24.3 Å². The molecule has 0 aliphatic rings. The van der Waals surface area contributed by atoms with Crippen molar-refractivity contribution in [1.82, 2.24) is 0 Å². The van der Waals surface area contributed by atoms with Crippen LogP contribution < -0.4 is 0 Å². The molecular formula is C28H46O4. The number of esters is 1. The molecule has 182 valence electrons. The van der Waals surface area contributed by atoms with Gasteiger partial charge < -0.3 is 9.84 Å². The Labute approximate surface area is 196 Å². The molecule has 0 aliphatic carbocycles. The minimum atomic E-state index is -1.03. The molecule has 4 heteroatoms. The minimum absolute atomic E-state index is 0.118. The molecule has 0 bridgehead atoms. The maximum atomic E-state index is 13.0. The van der Waals surface area contributed by atoms with Gasteiger partial charge in [0.15, 0.2) is 0 Å². The Morgan fingerprint density at radius 2 is 1.22 bits per heavy atom. The predicted octanol–water partition coefficient (Wildman–Crippen LogP) is 8.58. The highest BCUT2D eigenvalue weighted by atomic mass is 16.6. The SMILES string of the molecule is CCCCCCCCC(CCC)(CCCCCCCC)OC(=O)c1cccc(C(=O)O)c1. The zero-order valence-electron chi connectivity index (χ0n) is 20.8. The Hall–Kier alpha value is -1.84. The maximum Gasteiger partial charge on any atom is 0.338 e. The number of hydrogen-bond donors (Lipinski definition) is 1. The van der Waals surface area contributed by atoms with E-state index >= 15 is 0 Å². The van der Waals surface area contributed by atoms with Gasteiger partial charge in [0.2, 0.25) is 0 Å². The molecule has 1 aromatic rings. The van der Waals surface area contributed by atoms with E-state index in [0.717, 1.165) is 38.5 Å². The molecule has 0 aromatic heterocycles. The summed E-state index contributed by atoms with van der Waals surface area (Å²) >= 11 is 0. The van der Waals surface area contributed by atoms with Crippen LogP contribution in [0.1, 0.15) is 144 Å². The van der Waals surface area contributed by atoms with Gasteiger partial charge in [-0.05, 0) is 50.3 Å². The van der Waals surface area contributed by atoms with E-state index < -0.39 is 17.5 Å². The Balaban J connectivity index is 2.84. The van der Waals surface area contributed by atoms with E-state index in [1.807, 2.05) is 0 Å². The van der Waals surface area contributed by atoms with Gasteiger partial charge in [0.05, 0.1) is 11.1 Å². The fourth-order valence-electron chi connectivity index (χ4n) is 4.47. The van der Waals surface area contributed by atoms with Gasteiger partial charge in [-0.15, -0.1) is 0 Å². The third-order valence-electron chi connectivity index (χ3n) is 6.33. The summed E-state index contributed by atoms with van der Waals surface area (Å²) in [6.07, 6.45) is 18.2. The van der Waals surface area contributed by atoms with E-state index in [1.165, 1.54) is 76.3 Å². The van der Waals surface area contributed by atoms with Crippen LogP contribution in [0.2, 0.25) is 0 Å². The number of rotatable bonds is 19. The van der Waals surface area contributed by atoms with Gasteiger partial charge in [0.1, 0.15) is 5.60 Å². The molecule has 1 N–H and O–H groups in total. The molecule has 1 aromatic carbocycles. The fourth-order valence-corrected chi connectivity index (χ4v) is 4.47. The molecule has 0 amide bonds.